The molecule has 0 unspecified atom stereocenters. The standard InChI is InChI=1S/C18H21N5O2/c1-10(2)15-9-20-18(25)14-8-13(22-23(14)15)12-5-6-19-16(7-12)21-17(24)11-3-4-11/h5-8,10-11,15H,3-4,9H2,1-2H3,(H,20,25)(H,19,21,24)/t15-/m0/s1. The van der Waals surface area contributed by atoms with Crippen molar-refractivity contribution < 1.29 is 9.59 Å². The summed E-state index contributed by atoms with van der Waals surface area (Å²) in [6.45, 7) is 4.82. The summed E-state index contributed by atoms with van der Waals surface area (Å²) < 4.78 is 1.82. The maximum Gasteiger partial charge on any atom is 0.269 e. The first-order valence-corrected chi connectivity index (χ1v) is 8.68. The molecule has 4 rings (SSSR count). The van der Waals surface area contributed by atoms with Crippen molar-refractivity contribution >= 4 is 17.6 Å². The highest BCUT2D eigenvalue weighted by Gasteiger charge is 2.30. The molecule has 0 saturated heterocycles. The third kappa shape index (κ3) is 3.01. The van der Waals surface area contributed by atoms with Crippen LogP contribution in [0.4, 0.5) is 5.82 Å². The van der Waals surface area contributed by atoms with E-state index in [9.17, 15) is 9.59 Å². The highest BCUT2D eigenvalue weighted by molar-refractivity contribution is 5.95. The van der Waals surface area contributed by atoms with E-state index in [1.165, 1.54) is 0 Å². The van der Waals surface area contributed by atoms with Gasteiger partial charge in [0.25, 0.3) is 5.91 Å². The summed E-state index contributed by atoms with van der Waals surface area (Å²) in [6, 6.07) is 5.57. The summed E-state index contributed by atoms with van der Waals surface area (Å²) in [5, 5.41) is 10.4. The first kappa shape index (κ1) is 15.8. The number of anilines is 1. The Kier molecular flexibility index (Phi) is 3.78. The topological polar surface area (TPSA) is 88.9 Å². The Labute approximate surface area is 145 Å². The maximum absolute atomic E-state index is 12.2. The third-order valence-electron chi connectivity index (χ3n) is 4.78. The molecule has 130 valence electrons. The van der Waals surface area contributed by atoms with Crippen molar-refractivity contribution in [3.63, 3.8) is 0 Å². The van der Waals surface area contributed by atoms with Gasteiger partial charge in [-0.3, -0.25) is 14.3 Å². The average molecular weight is 339 g/mol. The second kappa shape index (κ2) is 5.98. The fraction of sp³-hybridized carbons (Fsp3) is 0.444. The fourth-order valence-electron chi connectivity index (χ4n) is 3.08. The second-order valence-electron chi connectivity index (χ2n) is 7.07. The van der Waals surface area contributed by atoms with Gasteiger partial charge in [-0.25, -0.2) is 4.98 Å². The minimum absolute atomic E-state index is 0.0213. The quantitative estimate of drug-likeness (QED) is 0.894. The van der Waals surface area contributed by atoms with Crippen LogP contribution in [0.1, 0.15) is 43.2 Å². The number of fused-ring (bicyclic) bond motifs is 1. The predicted octanol–water partition coefficient (Wildman–Crippen LogP) is 2.23. The molecule has 0 aromatic carbocycles. The van der Waals surface area contributed by atoms with Gasteiger partial charge in [-0.15, -0.1) is 0 Å². The van der Waals surface area contributed by atoms with Crippen molar-refractivity contribution in [2.75, 3.05) is 11.9 Å². The first-order chi connectivity index (χ1) is 12.0. The SMILES string of the molecule is CC(C)[C@@H]1CNC(=O)c2cc(-c3ccnc(NC(=O)C4CC4)c3)nn21. The van der Waals surface area contributed by atoms with Crippen molar-refractivity contribution in [2.24, 2.45) is 11.8 Å². The summed E-state index contributed by atoms with van der Waals surface area (Å²) in [5.74, 6) is 0.920. The molecule has 2 amide bonds. The summed E-state index contributed by atoms with van der Waals surface area (Å²) in [5.41, 5.74) is 2.11. The van der Waals surface area contributed by atoms with E-state index in [0.29, 0.717) is 29.7 Å². The number of rotatable bonds is 4. The molecule has 1 saturated carbocycles. The van der Waals surface area contributed by atoms with Gasteiger partial charge >= 0.3 is 0 Å². The Balaban J connectivity index is 1.65. The zero-order valence-electron chi connectivity index (χ0n) is 14.3. The van der Waals surface area contributed by atoms with Crippen LogP contribution in [0.2, 0.25) is 0 Å². The van der Waals surface area contributed by atoms with Crippen LogP contribution < -0.4 is 10.6 Å². The normalized spacial score (nSPS) is 19.5. The molecule has 0 bridgehead atoms. The largest absolute Gasteiger partial charge is 0.349 e. The Morgan fingerprint density at radius 1 is 1.36 bits per heavy atom. The van der Waals surface area contributed by atoms with E-state index in [2.05, 4.69) is 34.6 Å². The first-order valence-electron chi connectivity index (χ1n) is 8.68. The van der Waals surface area contributed by atoms with Crippen molar-refractivity contribution in [1.29, 1.82) is 0 Å². The number of hydrogen-bond donors (Lipinski definition) is 2. The molecule has 2 aliphatic rings. The Morgan fingerprint density at radius 3 is 2.88 bits per heavy atom. The van der Waals surface area contributed by atoms with Crippen molar-refractivity contribution in [3.8, 4) is 11.3 Å². The predicted molar refractivity (Wildman–Crippen MR) is 93.0 cm³/mol. The van der Waals surface area contributed by atoms with E-state index in [-0.39, 0.29) is 23.8 Å². The van der Waals surface area contributed by atoms with Gasteiger partial charge in [0.15, 0.2) is 0 Å². The lowest BCUT2D eigenvalue weighted by atomic mass is 10.0. The average Bonchev–Trinajstić information content (AvgIpc) is 3.34. The van der Waals surface area contributed by atoms with Gasteiger partial charge in [0.05, 0.1) is 11.7 Å². The maximum atomic E-state index is 12.2. The minimum atomic E-state index is -0.105. The van der Waals surface area contributed by atoms with Crippen molar-refractivity contribution in [2.45, 2.75) is 32.7 Å². The van der Waals surface area contributed by atoms with E-state index >= 15 is 0 Å². The molecule has 1 aliphatic carbocycles. The Bertz CT molecular complexity index is 838. The van der Waals surface area contributed by atoms with Crippen LogP contribution in [0.15, 0.2) is 24.4 Å². The molecule has 2 aromatic heterocycles. The second-order valence-corrected chi connectivity index (χ2v) is 7.07. The number of aromatic nitrogens is 3. The summed E-state index contributed by atoms with van der Waals surface area (Å²) in [4.78, 5) is 28.3. The highest BCUT2D eigenvalue weighted by atomic mass is 16.2. The summed E-state index contributed by atoms with van der Waals surface area (Å²) in [6.07, 6.45) is 3.55. The number of pyridine rings is 1. The lowest BCUT2D eigenvalue weighted by molar-refractivity contribution is -0.117. The number of nitrogens with one attached hydrogen (secondary N) is 2. The molecule has 1 aliphatic heterocycles. The van der Waals surface area contributed by atoms with E-state index in [1.54, 1.807) is 18.3 Å². The molecule has 7 heteroatoms. The zero-order chi connectivity index (χ0) is 17.6. The molecular weight excluding hydrogens is 318 g/mol. The van der Waals surface area contributed by atoms with Gasteiger partial charge in [-0.2, -0.15) is 5.10 Å². The molecule has 0 spiro atoms. The monoisotopic (exact) mass is 339 g/mol. The number of carbonyl (C=O) groups excluding carboxylic acids is 2. The van der Waals surface area contributed by atoms with Gasteiger partial charge in [0.2, 0.25) is 5.91 Å². The summed E-state index contributed by atoms with van der Waals surface area (Å²) >= 11 is 0. The van der Waals surface area contributed by atoms with Crippen molar-refractivity contribution in [3.05, 3.63) is 30.1 Å². The smallest absolute Gasteiger partial charge is 0.269 e. The van der Waals surface area contributed by atoms with Gasteiger partial charge in [-0.1, -0.05) is 13.8 Å². The third-order valence-corrected chi connectivity index (χ3v) is 4.78. The molecule has 25 heavy (non-hydrogen) atoms. The molecular formula is C18H21N5O2. The lowest BCUT2D eigenvalue weighted by Gasteiger charge is -2.27. The molecule has 7 nitrogen and oxygen atoms in total. The zero-order valence-corrected chi connectivity index (χ0v) is 14.3. The van der Waals surface area contributed by atoms with Gasteiger partial charge in [0.1, 0.15) is 11.5 Å². The molecule has 2 N–H and O–H groups in total. The molecule has 3 heterocycles. The Hall–Kier alpha value is -2.70. The van der Waals surface area contributed by atoms with E-state index in [1.807, 2.05) is 10.7 Å². The van der Waals surface area contributed by atoms with E-state index < -0.39 is 0 Å². The fourth-order valence-corrected chi connectivity index (χ4v) is 3.08. The molecule has 1 atom stereocenters. The van der Waals surface area contributed by atoms with Crippen LogP contribution in [0.3, 0.4) is 0 Å². The summed E-state index contributed by atoms with van der Waals surface area (Å²) in [7, 11) is 0. The van der Waals surface area contributed by atoms with Crippen molar-refractivity contribution in [1.82, 2.24) is 20.1 Å². The van der Waals surface area contributed by atoms with Gasteiger partial charge < -0.3 is 10.6 Å². The van der Waals surface area contributed by atoms with Gasteiger partial charge in [-0.05, 0) is 37.0 Å². The number of nitrogens with zero attached hydrogens (tertiary/aromatic N) is 3. The van der Waals surface area contributed by atoms with Crippen LogP contribution in [0, 0.1) is 11.8 Å². The lowest BCUT2D eigenvalue weighted by Crippen LogP contribution is -2.41. The highest BCUT2D eigenvalue weighted by Crippen LogP contribution is 2.31. The van der Waals surface area contributed by atoms with E-state index in [0.717, 1.165) is 18.4 Å². The van der Waals surface area contributed by atoms with Crippen LogP contribution >= 0.6 is 0 Å². The van der Waals surface area contributed by atoms with Gasteiger partial charge in [0, 0.05) is 24.2 Å². The van der Waals surface area contributed by atoms with Crippen LogP contribution in [0.25, 0.3) is 11.3 Å². The van der Waals surface area contributed by atoms with Crippen LogP contribution in [-0.4, -0.2) is 33.1 Å². The number of hydrogen-bond acceptors (Lipinski definition) is 4. The number of carbonyl (C=O) groups is 2. The van der Waals surface area contributed by atoms with Crippen LogP contribution in [0.5, 0.6) is 0 Å². The van der Waals surface area contributed by atoms with E-state index in [4.69, 9.17) is 0 Å². The molecule has 0 radical (unpaired) electrons. The number of amides is 2. The molecule has 1 fully saturated rings. The molecule has 2 aromatic rings. The van der Waals surface area contributed by atoms with Crippen LogP contribution in [-0.2, 0) is 4.79 Å². The Morgan fingerprint density at radius 2 is 2.16 bits per heavy atom. The minimum Gasteiger partial charge on any atom is -0.349 e.